The molecule has 0 unspecified atom stereocenters. The van der Waals surface area contributed by atoms with Gasteiger partial charge in [0.2, 0.25) is 5.82 Å². The number of tetrazole rings is 4. The Balaban J connectivity index is 0.000000171. The molecule has 0 saturated heterocycles. The summed E-state index contributed by atoms with van der Waals surface area (Å²) in [5.74, 6) is -2.58. The molecule has 30 heteroatoms. The fourth-order valence-corrected chi connectivity index (χ4v) is 12.9. The summed E-state index contributed by atoms with van der Waals surface area (Å²) < 4.78 is 29.9. The van der Waals surface area contributed by atoms with Gasteiger partial charge in [-0.2, -0.15) is 10.4 Å². The Morgan fingerprint density at radius 1 is 0.394 bits per heavy atom. The lowest BCUT2D eigenvalue weighted by Gasteiger charge is -2.36. The summed E-state index contributed by atoms with van der Waals surface area (Å²) in [6.07, 6.45) is 14.5. The van der Waals surface area contributed by atoms with E-state index in [1.165, 1.54) is 12.8 Å². The predicted molar refractivity (Wildman–Crippen MR) is 392 cm³/mol. The fraction of sp³-hybridized carbons (Fsp3) is 0.342. The van der Waals surface area contributed by atoms with E-state index in [-0.39, 0.29) is 86.5 Å². The molecule has 568 valence electrons. The number of nitrogens with one attached hydrogen (secondary N) is 2. The van der Waals surface area contributed by atoms with Crippen LogP contribution in [0.2, 0.25) is 0 Å². The first-order valence-electron chi connectivity index (χ1n) is 35.9. The summed E-state index contributed by atoms with van der Waals surface area (Å²) in [6.45, 7) is 9.87. The quantitative estimate of drug-likeness (QED) is 0.0146. The molecule has 13 rings (SSSR count). The molecule has 0 spiro atoms. The number of aliphatic carboxylic acids is 1. The van der Waals surface area contributed by atoms with E-state index in [1.54, 1.807) is 9.36 Å². The highest BCUT2D eigenvalue weighted by Gasteiger charge is 2.43. The average molecular weight is 1490 g/mol. The summed E-state index contributed by atoms with van der Waals surface area (Å²) in [5.41, 5.74) is 4.07. The van der Waals surface area contributed by atoms with E-state index >= 15 is 0 Å². The van der Waals surface area contributed by atoms with Crippen molar-refractivity contribution in [1.29, 1.82) is 0 Å². The molecule has 4 heterocycles. The van der Waals surface area contributed by atoms with Gasteiger partial charge in [0.05, 0.1) is 19.3 Å². The van der Waals surface area contributed by atoms with Crippen molar-refractivity contribution in [3.05, 3.63) is 275 Å². The zero-order valence-corrected chi connectivity index (χ0v) is 60.3. The summed E-state index contributed by atoms with van der Waals surface area (Å²) in [4.78, 5) is 70.3. The van der Waals surface area contributed by atoms with Crippen LogP contribution >= 0.6 is 0 Å². The molecule has 10 aromatic rings. The number of benzene rings is 6. The van der Waals surface area contributed by atoms with Crippen molar-refractivity contribution in [2.45, 2.75) is 171 Å². The van der Waals surface area contributed by atoms with Crippen LogP contribution < -0.4 is 0 Å². The number of nitrogens with zero attached hydrogens (tertiary/aromatic N) is 14. The molecule has 3 fully saturated rings. The molecule has 3 aliphatic carbocycles. The van der Waals surface area contributed by atoms with E-state index in [4.69, 9.17) is 33.9 Å². The van der Waals surface area contributed by atoms with E-state index in [1.807, 2.05) is 146 Å². The highest BCUT2D eigenvalue weighted by Crippen LogP contribution is 2.42. The van der Waals surface area contributed by atoms with Crippen LogP contribution in [-0.2, 0) is 90.0 Å². The third-order valence-corrected chi connectivity index (χ3v) is 18.1. The molecule has 6 aromatic carbocycles. The summed E-state index contributed by atoms with van der Waals surface area (Å²) >= 11 is 0. The van der Waals surface area contributed by atoms with Gasteiger partial charge >= 0.3 is 35.8 Å². The van der Waals surface area contributed by atoms with Gasteiger partial charge in [0.1, 0.15) is 42.6 Å². The predicted octanol–water partition coefficient (Wildman–Crippen LogP) is 10.0. The van der Waals surface area contributed by atoms with Gasteiger partial charge in [-0.05, 0) is 131 Å². The minimum absolute atomic E-state index is 0.0205. The number of aliphatic hydroxyl groups is 2. The first-order chi connectivity index (χ1) is 53.1. The molecule has 4 aromatic heterocycles. The van der Waals surface area contributed by atoms with Crippen LogP contribution in [0.25, 0.3) is 0 Å². The highest BCUT2D eigenvalue weighted by molar-refractivity contribution is 5.94. The first kappa shape index (κ1) is 80.7. The van der Waals surface area contributed by atoms with Gasteiger partial charge in [-0.15, -0.1) is 30.6 Å². The summed E-state index contributed by atoms with van der Waals surface area (Å²) in [5, 5.41) is 76.5. The Morgan fingerprint density at radius 2 is 0.697 bits per heavy atom. The maximum atomic E-state index is 12.8. The summed E-state index contributed by atoms with van der Waals surface area (Å²) in [6, 6.07) is 60.1. The molecule has 0 aliphatic heterocycles. The van der Waals surface area contributed by atoms with Gasteiger partial charge in [-0.3, -0.25) is 14.4 Å². The van der Waals surface area contributed by atoms with Crippen molar-refractivity contribution in [3.8, 4) is 0 Å². The minimum atomic E-state index is -1.14. The van der Waals surface area contributed by atoms with Crippen LogP contribution in [0.3, 0.4) is 0 Å². The van der Waals surface area contributed by atoms with Crippen LogP contribution in [-0.4, -0.2) is 151 Å². The Kier molecular flexibility index (Phi) is 31.1. The number of hydrogen-bond acceptors (Lipinski definition) is 25. The Morgan fingerprint density at radius 3 is 0.991 bits per heavy atom. The summed E-state index contributed by atoms with van der Waals surface area (Å²) in [7, 11) is 0. The number of aliphatic hydroxyl groups excluding tert-OH is 2. The number of esters is 5. The molecule has 5 N–H and O–H groups in total. The molecule has 0 atom stereocenters. The molecular formula is C79H88N16O14. The van der Waals surface area contributed by atoms with Crippen LogP contribution in [0.5, 0.6) is 0 Å². The lowest BCUT2D eigenvalue weighted by atomic mass is 9.77. The Hall–Kier alpha value is -12.4. The molecular weight excluding hydrogens is 1400 g/mol. The number of aromatic amines is 2. The van der Waals surface area contributed by atoms with E-state index < -0.39 is 46.9 Å². The van der Waals surface area contributed by atoms with Crippen LogP contribution in [0.15, 0.2) is 218 Å². The average Bonchev–Trinajstić information content (AvgIpc) is 1.73. The number of H-pyrrole nitrogens is 2. The van der Waals surface area contributed by atoms with E-state index in [2.05, 4.69) is 128 Å². The second-order valence-electron chi connectivity index (χ2n) is 25.7. The van der Waals surface area contributed by atoms with E-state index in [9.17, 15) is 33.9 Å². The number of carboxylic acids is 1. The van der Waals surface area contributed by atoms with Crippen molar-refractivity contribution >= 4 is 35.8 Å². The molecule has 109 heavy (non-hydrogen) atoms. The third-order valence-electron chi connectivity index (χ3n) is 18.1. The number of carboxylic acid groups (broad SMARTS) is 1. The third kappa shape index (κ3) is 22.8. The highest BCUT2D eigenvalue weighted by atomic mass is 16.6. The smallest absolute Gasteiger partial charge is 0.334 e. The lowest BCUT2D eigenvalue weighted by Crippen LogP contribution is -2.40. The molecule has 3 aliphatic rings. The standard InChI is InChI=1S/C32H32N4O4.C21H18N4O.C13H18N4O4.C11H16O4.C2H4N4O/c1-24(22-30(37)40-28-20-12-5-13-21-28)31(38)39-23-29-33-34-35-36(29)32(25-14-6-2-7-15-25,26-16-8-3-9-17-26)27-18-10-4-11-19-27;26-16-20-22-23-24-25(20)21(17-10-4-1-5-11-17,18-12-6-2-7-13-18)19-14-8-3-9-15-19;1-9(13(19)20-8-11-14-16-17-15-11)7-12(18)21-10-5-3-2-4-6-10;1-8(11(13)14)7-10(12)15-9-5-3-2-4-6-9;7-1-2-3-5-6-4-2/h2-4,6-11,14-19,28H,1,5,12-13,20-23H2;1-15,26H,16H2;10H,1-8H2,(H,14,15,16,17);9H,1-7H2,(H,13,14);7H,1H2,(H,3,4,5,6). The van der Waals surface area contributed by atoms with Gasteiger partial charge in [0.15, 0.2) is 30.7 Å². The topological polar surface area (TPSA) is 405 Å². The van der Waals surface area contributed by atoms with Gasteiger partial charge in [0, 0.05) is 16.7 Å². The maximum Gasteiger partial charge on any atom is 0.334 e. The van der Waals surface area contributed by atoms with Crippen molar-refractivity contribution in [2.75, 3.05) is 0 Å². The van der Waals surface area contributed by atoms with Gasteiger partial charge in [0.25, 0.3) is 0 Å². The first-order valence-corrected chi connectivity index (χ1v) is 35.9. The molecule has 0 bridgehead atoms. The molecule has 0 amide bonds. The maximum absolute atomic E-state index is 12.8. The molecule has 0 radical (unpaired) electrons. The number of aromatic nitrogens is 16. The molecule has 3 saturated carbocycles. The Labute approximate surface area is 629 Å². The van der Waals surface area contributed by atoms with Crippen LogP contribution in [0.4, 0.5) is 0 Å². The number of carbonyl (C=O) groups is 6. The van der Waals surface area contributed by atoms with E-state index in [0.29, 0.717) is 17.5 Å². The normalized spacial score (nSPS) is 13.7. The number of ether oxygens (including phenoxy) is 5. The van der Waals surface area contributed by atoms with Crippen molar-refractivity contribution in [2.24, 2.45) is 0 Å². The Bertz CT molecular complexity index is 4270. The van der Waals surface area contributed by atoms with Crippen molar-refractivity contribution < 1.29 is 67.8 Å². The van der Waals surface area contributed by atoms with Crippen molar-refractivity contribution in [1.82, 2.24) is 81.7 Å². The number of rotatable bonds is 26. The van der Waals surface area contributed by atoms with Crippen molar-refractivity contribution in [3.63, 3.8) is 0 Å². The SMILES string of the molecule is C=C(CC(=O)OC1CCCCC1)C(=O)O.C=C(CC(=O)OC1CCCCC1)C(=O)OCc1nn[nH]n1.C=C(CC(=O)OC1CCCCC1)C(=O)OCc1nnnn1C(c1ccccc1)(c1ccccc1)c1ccccc1.OCc1nn[nH]n1.OCc1nnnn1C(c1ccccc1)(c1ccccc1)c1ccccc1. The number of hydrogen-bond donors (Lipinski definition) is 5. The van der Waals surface area contributed by atoms with E-state index in [0.717, 1.165) is 117 Å². The van der Waals surface area contributed by atoms with Crippen LogP contribution in [0, 0.1) is 0 Å². The largest absolute Gasteiger partial charge is 0.478 e. The minimum Gasteiger partial charge on any atom is -0.478 e. The lowest BCUT2D eigenvalue weighted by molar-refractivity contribution is -0.152. The van der Waals surface area contributed by atoms with Gasteiger partial charge in [-0.1, -0.05) is 231 Å². The fourth-order valence-electron chi connectivity index (χ4n) is 12.9. The zero-order chi connectivity index (χ0) is 77.1. The zero-order valence-electron chi connectivity index (χ0n) is 60.3. The van der Waals surface area contributed by atoms with Gasteiger partial charge < -0.3 is 39.0 Å². The van der Waals surface area contributed by atoms with Crippen LogP contribution in [0.1, 0.15) is 172 Å². The second kappa shape index (κ2) is 42.0. The monoisotopic (exact) mass is 1480 g/mol. The van der Waals surface area contributed by atoms with Gasteiger partial charge in [-0.25, -0.2) is 23.7 Å². The molecule has 30 nitrogen and oxygen atoms in total. The number of carbonyl (C=O) groups excluding carboxylic acids is 5. The second-order valence-corrected chi connectivity index (χ2v) is 25.7.